The van der Waals surface area contributed by atoms with Crippen LogP contribution in [0, 0.1) is 0 Å². The summed E-state index contributed by atoms with van der Waals surface area (Å²) in [5.74, 6) is 0.604. The first-order chi connectivity index (χ1) is 10.4. The third-order valence-electron chi connectivity index (χ3n) is 3.36. The van der Waals surface area contributed by atoms with Crippen molar-refractivity contribution in [3.8, 4) is 5.69 Å². The van der Waals surface area contributed by atoms with E-state index in [2.05, 4.69) is 31.2 Å². The van der Waals surface area contributed by atoms with E-state index in [1.165, 1.54) is 0 Å². The third kappa shape index (κ3) is 3.30. The Labute approximate surface area is 131 Å². The van der Waals surface area contributed by atoms with Gasteiger partial charge in [0, 0.05) is 18.5 Å². The Hall–Kier alpha value is -2.30. The molecule has 5 heteroatoms. The van der Waals surface area contributed by atoms with Gasteiger partial charge in [-0.25, -0.2) is 9.48 Å². The number of benzene rings is 1. The van der Waals surface area contributed by atoms with E-state index in [-0.39, 0.29) is 11.4 Å². The lowest BCUT2D eigenvalue weighted by molar-refractivity contribution is 0.0526. The first kappa shape index (κ1) is 16.1. The number of anilines is 1. The molecule has 2 aromatic rings. The summed E-state index contributed by atoms with van der Waals surface area (Å²) < 4.78 is 6.84. The van der Waals surface area contributed by atoms with E-state index in [1.54, 1.807) is 19.1 Å². The monoisotopic (exact) mass is 301 g/mol. The number of hydrogen-bond donors (Lipinski definition) is 1. The number of esters is 1. The molecule has 0 spiro atoms. The molecule has 0 radical (unpaired) electrons. The second-order valence-electron chi connectivity index (χ2n) is 6.09. The topological polar surface area (TPSA) is 56.2 Å². The summed E-state index contributed by atoms with van der Waals surface area (Å²) in [5, 5.41) is 7.82. The van der Waals surface area contributed by atoms with E-state index < -0.39 is 0 Å². The standard InChI is InChI=1S/C17H23N3O2/c1-6-22-16(21)12-7-9-13(10-8-12)20-15(18-5)11-14(19-20)17(2,3)4/h7-11,18H,6H2,1-5H3. The van der Waals surface area contributed by atoms with Gasteiger partial charge in [0.2, 0.25) is 0 Å². The zero-order valence-corrected chi connectivity index (χ0v) is 13.8. The SMILES string of the molecule is CCOC(=O)c1ccc(-n2nc(C(C)(C)C)cc2NC)cc1. The molecular weight excluding hydrogens is 278 g/mol. The fourth-order valence-corrected chi connectivity index (χ4v) is 2.08. The number of nitrogens with one attached hydrogen (secondary N) is 1. The zero-order chi connectivity index (χ0) is 16.3. The molecule has 0 saturated carbocycles. The lowest BCUT2D eigenvalue weighted by Crippen LogP contribution is -2.12. The van der Waals surface area contributed by atoms with Gasteiger partial charge in [0.1, 0.15) is 5.82 Å². The summed E-state index contributed by atoms with van der Waals surface area (Å²) in [7, 11) is 1.87. The maximum atomic E-state index is 11.7. The predicted octanol–water partition coefficient (Wildman–Crippen LogP) is 3.39. The van der Waals surface area contributed by atoms with Crippen LogP contribution in [0.3, 0.4) is 0 Å². The van der Waals surface area contributed by atoms with Gasteiger partial charge in [-0.15, -0.1) is 0 Å². The van der Waals surface area contributed by atoms with Gasteiger partial charge >= 0.3 is 5.97 Å². The van der Waals surface area contributed by atoms with Crippen LogP contribution in [0.5, 0.6) is 0 Å². The van der Waals surface area contributed by atoms with Crippen LogP contribution in [0.25, 0.3) is 5.69 Å². The highest BCUT2D eigenvalue weighted by Gasteiger charge is 2.20. The molecule has 1 aromatic carbocycles. The number of hydrogen-bond acceptors (Lipinski definition) is 4. The number of aromatic nitrogens is 2. The Morgan fingerprint density at radius 1 is 1.27 bits per heavy atom. The van der Waals surface area contributed by atoms with Crippen molar-refractivity contribution in [3.63, 3.8) is 0 Å². The molecule has 0 saturated heterocycles. The lowest BCUT2D eigenvalue weighted by Gasteiger charge is -2.14. The number of nitrogens with zero attached hydrogens (tertiary/aromatic N) is 2. The fraction of sp³-hybridized carbons (Fsp3) is 0.412. The fourth-order valence-electron chi connectivity index (χ4n) is 2.08. The molecule has 22 heavy (non-hydrogen) atoms. The van der Waals surface area contributed by atoms with Crippen molar-refractivity contribution in [2.75, 3.05) is 19.0 Å². The molecule has 1 N–H and O–H groups in total. The molecule has 0 amide bonds. The Bertz CT molecular complexity index is 652. The molecular formula is C17H23N3O2. The van der Waals surface area contributed by atoms with Gasteiger partial charge < -0.3 is 10.1 Å². The maximum absolute atomic E-state index is 11.7. The average Bonchev–Trinajstić information content (AvgIpc) is 2.92. The van der Waals surface area contributed by atoms with Crippen molar-refractivity contribution in [2.24, 2.45) is 0 Å². The molecule has 1 heterocycles. The molecule has 0 aliphatic heterocycles. The minimum absolute atomic E-state index is 0.0261. The third-order valence-corrected chi connectivity index (χ3v) is 3.36. The highest BCUT2D eigenvalue weighted by atomic mass is 16.5. The van der Waals surface area contributed by atoms with E-state index in [9.17, 15) is 4.79 Å². The Morgan fingerprint density at radius 2 is 1.91 bits per heavy atom. The molecule has 5 nitrogen and oxygen atoms in total. The normalized spacial score (nSPS) is 11.3. The number of rotatable bonds is 4. The zero-order valence-electron chi connectivity index (χ0n) is 13.8. The largest absolute Gasteiger partial charge is 0.462 e. The Morgan fingerprint density at radius 3 is 2.41 bits per heavy atom. The maximum Gasteiger partial charge on any atom is 0.338 e. The molecule has 0 bridgehead atoms. The summed E-state index contributed by atoms with van der Waals surface area (Å²) in [5.41, 5.74) is 2.42. The van der Waals surface area contributed by atoms with E-state index in [0.29, 0.717) is 12.2 Å². The van der Waals surface area contributed by atoms with Crippen LogP contribution in [0.2, 0.25) is 0 Å². The van der Waals surface area contributed by atoms with Gasteiger partial charge in [0.15, 0.2) is 0 Å². The van der Waals surface area contributed by atoms with E-state index in [4.69, 9.17) is 4.74 Å². The highest BCUT2D eigenvalue weighted by Crippen LogP contribution is 2.26. The molecule has 0 unspecified atom stereocenters. The van der Waals surface area contributed by atoms with Crippen molar-refractivity contribution in [2.45, 2.75) is 33.1 Å². The second kappa shape index (κ2) is 6.22. The summed E-state index contributed by atoms with van der Waals surface area (Å²) in [6, 6.07) is 9.29. The molecule has 118 valence electrons. The van der Waals surface area contributed by atoms with Gasteiger partial charge in [0.25, 0.3) is 0 Å². The van der Waals surface area contributed by atoms with Gasteiger partial charge in [-0.2, -0.15) is 5.10 Å². The second-order valence-corrected chi connectivity index (χ2v) is 6.09. The smallest absolute Gasteiger partial charge is 0.338 e. The molecule has 0 atom stereocenters. The van der Waals surface area contributed by atoms with E-state index >= 15 is 0 Å². The predicted molar refractivity (Wildman–Crippen MR) is 87.8 cm³/mol. The molecule has 0 fully saturated rings. The van der Waals surface area contributed by atoms with Crippen molar-refractivity contribution in [1.82, 2.24) is 9.78 Å². The van der Waals surface area contributed by atoms with Crippen molar-refractivity contribution in [3.05, 3.63) is 41.6 Å². The van der Waals surface area contributed by atoms with Crippen LogP contribution in [0.4, 0.5) is 5.82 Å². The van der Waals surface area contributed by atoms with Gasteiger partial charge in [-0.3, -0.25) is 0 Å². The van der Waals surface area contributed by atoms with Gasteiger partial charge in [-0.1, -0.05) is 20.8 Å². The van der Waals surface area contributed by atoms with Crippen molar-refractivity contribution in [1.29, 1.82) is 0 Å². The summed E-state index contributed by atoms with van der Waals surface area (Å²) in [6.45, 7) is 8.55. The van der Waals surface area contributed by atoms with E-state index in [1.807, 2.05) is 29.9 Å². The molecule has 1 aromatic heterocycles. The van der Waals surface area contributed by atoms with E-state index in [0.717, 1.165) is 17.2 Å². The first-order valence-electron chi connectivity index (χ1n) is 7.42. The van der Waals surface area contributed by atoms with Crippen LogP contribution in [-0.2, 0) is 10.2 Å². The van der Waals surface area contributed by atoms with Gasteiger partial charge in [0.05, 0.1) is 23.6 Å². The lowest BCUT2D eigenvalue weighted by atomic mass is 9.92. The minimum atomic E-state index is -0.307. The Balaban J connectivity index is 2.36. The molecule has 2 rings (SSSR count). The average molecular weight is 301 g/mol. The van der Waals surface area contributed by atoms with Crippen LogP contribution in [0.1, 0.15) is 43.7 Å². The van der Waals surface area contributed by atoms with Crippen molar-refractivity contribution >= 4 is 11.8 Å². The highest BCUT2D eigenvalue weighted by molar-refractivity contribution is 5.89. The Kier molecular flexibility index (Phi) is 4.54. The first-order valence-corrected chi connectivity index (χ1v) is 7.42. The van der Waals surface area contributed by atoms with Gasteiger partial charge in [-0.05, 0) is 31.2 Å². The summed E-state index contributed by atoms with van der Waals surface area (Å²) in [6.07, 6.45) is 0. The minimum Gasteiger partial charge on any atom is -0.462 e. The molecule has 0 aliphatic rings. The van der Waals surface area contributed by atoms with Crippen LogP contribution >= 0.6 is 0 Å². The summed E-state index contributed by atoms with van der Waals surface area (Å²) in [4.78, 5) is 11.7. The summed E-state index contributed by atoms with van der Waals surface area (Å²) >= 11 is 0. The van der Waals surface area contributed by atoms with Crippen LogP contribution < -0.4 is 5.32 Å². The number of ether oxygens (including phenoxy) is 1. The van der Waals surface area contributed by atoms with Crippen LogP contribution in [-0.4, -0.2) is 29.4 Å². The quantitative estimate of drug-likeness (QED) is 0.880. The molecule has 0 aliphatic carbocycles. The number of carbonyl (C=O) groups excluding carboxylic acids is 1. The van der Waals surface area contributed by atoms with Crippen molar-refractivity contribution < 1.29 is 9.53 Å². The van der Waals surface area contributed by atoms with Crippen LogP contribution in [0.15, 0.2) is 30.3 Å². The number of carbonyl (C=O) groups is 1.